The summed E-state index contributed by atoms with van der Waals surface area (Å²) in [5.41, 5.74) is 3.07. The number of thiazole rings is 1. The van der Waals surface area contributed by atoms with Gasteiger partial charge in [0.25, 0.3) is 0 Å². The minimum Gasteiger partial charge on any atom is -0.457 e. The third-order valence-corrected chi connectivity index (χ3v) is 5.40. The zero-order valence-corrected chi connectivity index (χ0v) is 15.5. The van der Waals surface area contributed by atoms with E-state index < -0.39 is 0 Å². The highest BCUT2D eigenvalue weighted by atomic mass is 32.1. The monoisotopic (exact) mass is 375 g/mol. The number of aliphatic hydroxyl groups is 1. The molecule has 0 spiro atoms. The second kappa shape index (κ2) is 7.23. The molecule has 4 aromatic rings. The second-order valence-electron chi connectivity index (χ2n) is 6.17. The molecular formula is C21H17N3O2S. The first-order chi connectivity index (χ1) is 13.2. The highest BCUT2D eigenvalue weighted by Gasteiger charge is 2.11. The molecule has 0 aliphatic rings. The van der Waals surface area contributed by atoms with E-state index in [1.165, 1.54) is 11.3 Å². The van der Waals surface area contributed by atoms with Crippen molar-refractivity contribution in [2.45, 2.75) is 0 Å². The predicted octanol–water partition coefficient (Wildman–Crippen LogP) is 4.54. The molecule has 0 radical (unpaired) electrons. The number of furan rings is 1. The molecule has 4 rings (SSSR count). The van der Waals surface area contributed by atoms with E-state index in [1.54, 1.807) is 6.08 Å². The molecule has 6 heteroatoms. The number of nitriles is 1. The Labute approximate surface area is 160 Å². The summed E-state index contributed by atoms with van der Waals surface area (Å²) in [5.74, 6) is 0.614. The minimum atomic E-state index is 0.0916. The summed E-state index contributed by atoms with van der Waals surface area (Å²) in [4.78, 5) is 6.51. The maximum atomic E-state index is 9.59. The third-order valence-electron chi connectivity index (χ3n) is 4.33. The van der Waals surface area contributed by atoms with Crippen molar-refractivity contribution in [3.05, 3.63) is 59.3 Å². The molecule has 0 saturated heterocycles. The summed E-state index contributed by atoms with van der Waals surface area (Å²) in [6, 6.07) is 17.9. The fourth-order valence-corrected chi connectivity index (χ4v) is 3.83. The van der Waals surface area contributed by atoms with E-state index in [0.717, 1.165) is 26.9 Å². The largest absolute Gasteiger partial charge is 0.457 e. The van der Waals surface area contributed by atoms with Gasteiger partial charge in [0.15, 0.2) is 0 Å². The van der Waals surface area contributed by atoms with Gasteiger partial charge < -0.3 is 14.4 Å². The number of aromatic nitrogens is 1. The topological polar surface area (TPSA) is 73.3 Å². The number of benzene rings is 2. The molecule has 0 fully saturated rings. The van der Waals surface area contributed by atoms with E-state index in [9.17, 15) is 5.26 Å². The maximum Gasteiger partial charge on any atom is 0.136 e. The molecule has 0 bridgehead atoms. The van der Waals surface area contributed by atoms with E-state index in [4.69, 9.17) is 9.52 Å². The van der Waals surface area contributed by atoms with Crippen LogP contribution in [0.25, 0.3) is 32.8 Å². The van der Waals surface area contributed by atoms with Crippen molar-refractivity contribution >= 4 is 49.9 Å². The van der Waals surface area contributed by atoms with Gasteiger partial charge in [0.2, 0.25) is 0 Å². The Hall–Kier alpha value is -3.14. The maximum absolute atomic E-state index is 9.59. The van der Waals surface area contributed by atoms with E-state index in [2.05, 4.69) is 11.1 Å². The van der Waals surface area contributed by atoms with Crippen LogP contribution < -0.4 is 4.90 Å². The lowest BCUT2D eigenvalue weighted by Gasteiger charge is -2.17. The van der Waals surface area contributed by atoms with Gasteiger partial charge in [-0.15, -0.1) is 11.3 Å². The number of anilines is 1. The van der Waals surface area contributed by atoms with Crippen molar-refractivity contribution in [2.75, 3.05) is 25.1 Å². The van der Waals surface area contributed by atoms with Crippen LogP contribution in [-0.4, -0.2) is 30.3 Å². The van der Waals surface area contributed by atoms with Crippen molar-refractivity contribution in [2.24, 2.45) is 0 Å². The van der Waals surface area contributed by atoms with Crippen molar-refractivity contribution in [3.8, 4) is 6.07 Å². The van der Waals surface area contributed by atoms with Gasteiger partial charge in [0, 0.05) is 36.8 Å². The number of hydrogen-bond donors (Lipinski definition) is 1. The van der Waals surface area contributed by atoms with Gasteiger partial charge in [-0.3, -0.25) is 0 Å². The molecule has 2 aromatic carbocycles. The molecule has 0 amide bonds. The van der Waals surface area contributed by atoms with E-state index in [0.29, 0.717) is 22.9 Å². The summed E-state index contributed by atoms with van der Waals surface area (Å²) >= 11 is 1.49. The Morgan fingerprint density at radius 2 is 2.15 bits per heavy atom. The first-order valence-corrected chi connectivity index (χ1v) is 9.33. The molecule has 5 nitrogen and oxygen atoms in total. The zero-order chi connectivity index (χ0) is 18.8. The molecule has 0 saturated carbocycles. The third kappa shape index (κ3) is 3.43. The molecule has 0 atom stereocenters. The standard InChI is InChI=1S/C21H17N3O2S/c1-24(8-9-25)16-7-6-14-10-17(26-19(14)12-16)11-15(13-22)21-23-18-4-2-3-5-20(18)27-21/h2-7,10-12,25H,8-9H2,1H3/b15-11+. The minimum absolute atomic E-state index is 0.0916. The van der Waals surface area contributed by atoms with Crippen LogP contribution in [0, 0.1) is 11.3 Å². The van der Waals surface area contributed by atoms with E-state index >= 15 is 0 Å². The van der Waals surface area contributed by atoms with Gasteiger partial charge in [-0.05, 0) is 30.3 Å². The smallest absolute Gasteiger partial charge is 0.136 e. The van der Waals surface area contributed by atoms with Crippen molar-refractivity contribution in [3.63, 3.8) is 0 Å². The van der Waals surface area contributed by atoms with Crippen molar-refractivity contribution < 1.29 is 9.52 Å². The summed E-state index contributed by atoms with van der Waals surface area (Å²) in [5, 5.41) is 20.3. The number of likely N-dealkylation sites (N-methyl/N-ethyl adjacent to an activating group) is 1. The lowest BCUT2D eigenvalue weighted by atomic mass is 10.2. The van der Waals surface area contributed by atoms with Crippen LogP contribution in [0.3, 0.4) is 0 Å². The lowest BCUT2D eigenvalue weighted by Crippen LogP contribution is -2.20. The highest BCUT2D eigenvalue weighted by Crippen LogP contribution is 2.30. The molecule has 27 heavy (non-hydrogen) atoms. The summed E-state index contributed by atoms with van der Waals surface area (Å²) in [6.45, 7) is 0.642. The Morgan fingerprint density at radius 3 is 2.93 bits per heavy atom. The highest BCUT2D eigenvalue weighted by molar-refractivity contribution is 7.19. The van der Waals surface area contributed by atoms with Crippen LogP contribution in [0.1, 0.15) is 10.8 Å². The molecule has 1 N–H and O–H groups in total. The molecule has 2 heterocycles. The van der Waals surface area contributed by atoms with Gasteiger partial charge in [0.05, 0.1) is 22.4 Å². The van der Waals surface area contributed by atoms with Gasteiger partial charge in [-0.1, -0.05) is 12.1 Å². The van der Waals surface area contributed by atoms with Crippen LogP contribution in [0.4, 0.5) is 5.69 Å². The number of nitrogens with zero attached hydrogens (tertiary/aromatic N) is 3. The SMILES string of the molecule is CN(CCO)c1ccc2cc(/C=C(\C#N)c3nc4ccccc4s3)oc2c1. The quantitative estimate of drug-likeness (QED) is 0.519. The molecule has 2 aromatic heterocycles. The summed E-state index contributed by atoms with van der Waals surface area (Å²) in [6.07, 6.45) is 1.73. The van der Waals surface area contributed by atoms with E-state index in [-0.39, 0.29) is 6.61 Å². The van der Waals surface area contributed by atoms with Gasteiger partial charge in [0.1, 0.15) is 22.4 Å². The Morgan fingerprint density at radius 1 is 1.30 bits per heavy atom. The van der Waals surface area contributed by atoms with Crippen LogP contribution in [0.5, 0.6) is 0 Å². The predicted molar refractivity (Wildman–Crippen MR) is 110 cm³/mol. The number of para-hydroxylation sites is 1. The average molecular weight is 375 g/mol. The molecule has 0 unspecified atom stereocenters. The number of hydrogen-bond acceptors (Lipinski definition) is 6. The molecule has 0 aliphatic carbocycles. The molecular weight excluding hydrogens is 358 g/mol. The number of aliphatic hydroxyl groups excluding tert-OH is 1. The number of rotatable bonds is 5. The normalized spacial score (nSPS) is 11.8. The van der Waals surface area contributed by atoms with Crippen LogP contribution in [0.2, 0.25) is 0 Å². The second-order valence-corrected chi connectivity index (χ2v) is 7.20. The first-order valence-electron chi connectivity index (χ1n) is 8.51. The van der Waals surface area contributed by atoms with E-state index in [1.807, 2.05) is 60.5 Å². The number of allylic oxidation sites excluding steroid dienone is 1. The van der Waals surface area contributed by atoms with Gasteiger partial charge in [-0.25, -0.2) is 4.98 Å². The summed E-state index contributed by atoms with van der Waals surface area (Å²) in [7, 11) is 1.92. The fourth-order valence-electron chi connectivity index (χ4n) is 2.90. The average Bonchev–Trinajstić information content (AvgIpc) is 3.28. The Bertz CT molecular complexity index is 1150. The van der Waals surface area contributed by atoms with Crippen LogP contribution >= 0.6 is 11.3 Å². The van der Waals surface area contributed by atoms with Crippen molar-refractivity contribution in [1.82, 2.24) is 4.98 Å². The number of fused-ring (bicyclic) bond motifs is 2. The summed E-state index contributed by atoms with van der Waals surface area (Å²) < 4.78 is 6.98. The van der Waals surface area contributed by atoms with Crippen molar-refractivity contribution in [1.29, 1.82) is 5.26 Å². The molecule has 134 valence electrons. The molecule has 0 aliphatic heterocycles. The Kier molecular flexibility index (Phi) is 4.63. The first kappa shape index (κ1) is 17.3. The zero-order valence-electron chi connectivity index (χ0n) is 14.7. The van der Waals surface area contributed by atoms with Gasteiger partial charge >= 0.3 is 0 Å². The Balaban J connectivity index is 1.70. The van der Waals surface area contributed by atoms with Crippen LogP contribution in [-0.2, 0) is 0 Å². The lowest BCUT2D eigenvalue weighted by molar-refractivity contribution is 0.304. The van der Waals surface area contributed by atoms with Crippen LogP contribution in [0.15, 0.2) is 52.9 Å². The fraction of sp³-hybridized carbons (Fsp3) is 0.143. The van der Waals surface area contributed by atoms with Gasteiger partial charge in [-0.2, -0.15) is 5.26 Å².